The molecule has 2 amide bonds. The van der Waals surface area contributed by atoms with Crippen LogP contribution in [0, 0.1) is 5.41 Å². The minimum absolute atomic E-state index is 0. The number of carbonyl (C=O) groups excluding carboxylic acids is 2. The van der Waals surface area contributed by atoms with E-state index < -0.39 is 0 Å². The predicted octanol–water partition coefficient (Wildman–Crippen LogP) is 1.95. The highest BCUT2D eigenvalue weighted by molar-refractivity contribution is 5.94. The summed E-state index contributed by atoms with van der Waals surface area (Å²) in [5.74, 6) is -0.0759. The van der Waals surface area contributed by atoms with Crippen molar-refractivity contribution in [2.45, 2.75) is 71.0 Å². The van der Waals surface area contributed by atoms with Crippen molar-refractivity contribution in [3.05, 3.63) is 18.0 Å². The fraction of sp³-hybridized carbons (Fsp3) is 0.737. The molecule has 1 saturated heterocycles. The number of hydrogen-bond acceptors (Lipinski definition) is 4. The van der Waals surface area contributed by atoms with Crippen LogP contribution in [-0.4, -0.2) is 51.7 Å². The molecule has 2 fully saturated rings. The number of rotatable bonds is 4. The first-order valence-electron chi connectivity index (χ1n) is 9.72. The van der Waals surface area contributed by atoms with Gasteiger partial charge in [-0.3, -0.25) is 14.3 Å². The molecule has 7 nitrogen and oxygen atoms in total. The summed E-state index contributed by atoms with van der Waals surface area (Å²) in [7, 11) is 0. The molecule has 1 unspecified atom stereocenters. The number of nitrogens with zero attached hydrogens (tertiary/aromatic N) is 3. The molecule has 1 atom stereocenters. The second-order valence-corrected chi connectivity index (χ2v) is 8.44. The lowest BCUT2D eigenvalue weighted by Crippen LogP contribution is -2.53. The summed E-state index contributed by atoms with van der Waals surface area (Å²) in [5, 5.41) is 7.28. The van der Waals surface area contributed by atoms with Crippen LogP contribution in [0.25, 0.3) is 0 Å². The zero-order valence-electron chi connectivity index (χ0n) is 16.3. The smallest absolute Gasteiger partial charge is 0.257 e. The Hall–Kier alpha value is -1.60. The summed E-state index contributed by atoms with van der Waals surface area (Å²) < 4.78 is 1.55. The van der Waals surface area contributed by atoms with E-state index in [2.05, 4.69) is 24.3 Å². The summed E-state index contributed by atoms with van der Waals surface area (Å²) >= 11 is 0. The van der Waals surface area contributed by atoms with Crippen LogP contribution in [-0.2, 0) is 11.3 Å². The lowest BCUT2D eigenvalue weighted by molar-refractivity contribution is -0.122. The minimum Gasteiger partial charge on any atom is -0.352 e. The van der Waals surface area contributed by atoms with Gasteiger partial charge in [0.05, 0.1) is 11.8 Å². The number of carbonyl (C=O) groups is 2. The molecule has 152 valence electrons. The highest BCUT2D eigenvalue weighted by Gasteiger charge is 2.35. The Kier molecular flexibility index (Phi) is 7.28. The van der Waals surface area contributed by atoms with Crippen molar-refractivity contribution >= 4 is 24.2 Å². The normalized spacial score (nSPS) is 22.8. The van der Waals surface area contributed by atoms with Gasteiger partial charge in [0.2, 0.25) is 5.91 Å². The summed E-state index contributed by atoms with van der Waals surface area (Å²) in [4.78, 5) is 26.8. The molecule has 2 aliphatic rings. The second-order valence-electron chi connectivity index (χ2n) is 8.44. The van der Waals surface area contributed by atoms with Crippen LogP contribution in [0.4, 0.5) is 0 Å². The Morgan fingerprint density at radius 3 is 2.63 bits per heavy atom. The predicted molar refractivity (Wildman–Crippen MR) is 107 cm³/mol. The van der Waals surface area contributed by atoms with E-state index in [0.29, 0.717) is 18.7 Å². The molecule has 1 aliphatic heterocycles. The van der Waals surface area contributed by atoms with Crippen LogP contribution in [0.2, 0.25) is 0 Å². The van der Waals surface area contributed by atoms with Gasteiger partial charge >= 0.3 is 0 Å². The standard InChI is InChI=1S/C19H31N5O2.ClH/c1-19(2)13-23(9-8-16(19)20)18(26)14-10-21-24(11-14)12-17(25)22-15-6-4-3-5-7-15;/h10-11,15-16H,3-9,12-13,20H2,1-2H3,(H,22,25);1H. The Morgan fingerprint density at radius 2 is 1.96 bits per heavy atom. The lowest BCUT2D eigenvalue weighted by atomic mass is 9.79. The fourth-order valence-electron chi connectivity index (χ4n) is 3.96. The first-order chi connectivity index (χ1) is 12.3. The van der Waals surface area contributed by atoms with Crippen molar-refractivity contribution in [1.29, 1.82) is 0 Å². The number of hydrogen-bond donors (Lipinski definition) is 2. The molecular formula is C19H32ClN5O2. The van der Waals surface area contributed by atoms with Gasteiger partial charge in [0.25, 0.3) is 5.91 Å². The molecule has 8 heteroatoms. The number of aromatic nitrogens is 2. The van der Waals surface area contributed by atoms with Gasteiger partial charge in [0.15, 0.2) is 0 Å². The largest absolute Gasteiger partial charge is 0.352 e. The Bertz CT molecular complexity index is 654. The third-order valence-electron chi connectivity index (χ3n) is 5.76. The average molecular weight is 398 g/mol. The molecule has 0 aromatic carbocycles. The summed E-state index contributed by atoms with van der Waals surface area (Å²) in [6, 6.07) is 0.394. The van der Waals surface area contributed by atoms with Gasteiger partial charge in [-0.05, 0) is 24.7 Å². The van der Waals surface area contributed by atoms with Crippen molar-refractivity contribution in [3.63, 3.8) is 0 Å². The van der Waals surface area contributed by atoms with Crippen molar-refractivity contribution in [2.75, 3.05) is 13.1 Å². The highest BCUT2D eigenvalue weighted by atomic mass is 35.5. The van der Waals surface area contributed by atoms with E-state index in [1.165, 1.54) is 19.3 Å². The molecule has 3 rings (SSSR count). The molecule has 1 aromatic heterocycles. The van der Waals surface area contributed by atoms with Gasteiger partial charge in [-0.2, -0.15) is 5.10 Å². The Labute approximate surface area is 167 Å². The molecule has 1 saturated carbocycles. The zero-order valence-corrected chi connectivity index (χ0v) is 17.1. The number of piperidine rings is 1. The molecule has 0 radical (unpaired) electrons. The van der Waals surface area contributed by atoms with E-state index in [4.69, 9.17) is 5.73 Å². The van der Waals surface area contributed by atoms with E-state index in [-0.39, 0.29) is 48.3 Å². The zero-order chi connectivity index (χ0) is 18.7. The first kappa shape index (κ1) is 21.7. The van der Waals surface area contributed by atoms with Crippen LogP contribution < -0.4 is 11.1 Å². The third kappa shape index (κ3) is 5.45. The maximum absolute atomic E-state index is 12.7. The van der Waals surface area contributed by atoms with Crippen molar-refractivity contribution in [1.82, 2.24) is 20.0 Å². The Balaban J connectivity index is 0.00000261. The molecule has 0 spiro atoms. The average Bonchev–Trinajstić information content (AvgIpc) is 3.05. The summed E-state index contributed by atoms with van der Waals surface area (Å²) in [6.07, 6.45) is 9.76. The van der Waals surface area contributed by atoms with Crippen LogP contribution in [0.3, 0.4) is 0 Å². The van der Waals surface area contributed by atoms with Gasteiger partial charge in [-0.25, -0.2) is 0 Å². The van der Waals surface area contributed by atoms with Crippen LogP contribution in [0.15, 0.2) is 12.4 Å². The van der Waals surface area contributed by atoms with E-state index in [1.807, 2.05) is 4.90 Å². The second kappa shape index (κ2) is 9.06. The number of likely N-dealkylation sites (tertiary alicyclic amines) is 1. The molecule has 0 bridgehead atoms. The monoisotopic (exact) mass is 397 g/mol. The van der Waals surface area contributed by atoms with Crippen molar-refractivity contribution < 1.29 is 9.59 Å². The molecule has 27 heavy (non-hydrogen) atoms. The van der Waals surface area contributed by atoms with Crippen molar-refractivity contribution in [2.24, 2.45) is 11.1 Å². The highest BCUT2D eigenvalue weighted by Crippen LogP contribution is 2.28. The number of nitrogens with two attached hydrogens (primary N) is 1. The number of amides is 2. The fourth-order valence-corrected chi connectivity index (χ4v) is 3.96. The van der Waals surface area contributed by atoms with Gasteiger partial charge in [-0.1, -0.05) is 33.1 Å². The van der Waals surface area contributed by atoms with E-state index in [1.54, 1.807) is 17.1 Å². The third-order valence-corrected chi connectivity index (χ3v) is 5.76. The minimum atomic E-state index is -0.0935. The maximum Gasteiger partial charge on any atom is 0.257 e. The number of nitrogens with one attached hydrogen (secondary N) is 1. The van der Waals surface area contributed by atoms with Gasteiger partial charge in [0, 0.05) is 31.4 Å². The first-order valence-corrected chi connectivity index (χ1v) is 9.72. The van der Waals surface area contributed by atoms with Gasteiger partial charge < -0.3 is 16.0 Å². The molecule has 2 heterocycles. The van der Waals surface area contributed by atoms with Gasteiger partial charge in [0.1, 0.15) is 6.54 Å². The SMILES string of the molecule is CC1(C)CN(C(=O)c2cnn(CC(=O)NC3CCCCC3)c2)CCC1N.Cl. The van der Waals surface area contributed by atoms with Crippen LogP contribution in [0.5, 0.6) is 0 Å². The van der Waals surface area contributed by atoms with E-state index in [0.717, 1.165) is 19.3 Å². The topological polar surface area (TPSA) is 93.2 Å². The molecule has 1 aromatic rings. The van der Waals surface area contributed by atoms with E-state index >= 15 is 0 Å². The van der Waals surface area contributed by atoms with E-state index in [9.17, 15) is 9.59 Å². The van der Waals surface area contributed by atoms with Crippen LogP contribution >= 0.6 is 12.4 Å². The lowest BCUT2D eigenvalue weighted by Gasteiger charge is -2.42. The maximum atomic E-state index is 12.7. The molecule has 3 N–H and O–H groups in total. The quantitative estimate of drug-likeness (QED) is 0.812. The molecular weight excluding hydrogens is 366 g/mol. The van der Waals surface area contributed by atoms with Gasteiger partial charge in [-0.15, -0.1) is 12.4 Å². The summed E-state index contributed by atoms with van der Waals surface area (Å²) in [6.45, 7) is 5.64. The number of halogens is 1. The van der Waals surface area contributed by atoms with Crippen LogP contribution in [0.1, 0.15) is 62.7 Å². The summed E-state index contributed by atoms with van der Waals surface area (Å²) in [5.41, 5.74) is 6.59. The Morgan fingerprint density at radius 1 is 1.26 bits per heavy atom. The van der Waals surface area contributed by atoms with Crippen molar-refractivity contribution in [3.8, 4) is 0 Å². The molecule has 1 aliphatic carbocycles.